The van der Waals surface area contributed by atoms with Crippen molar-refractivity contribution in [3.8, 4) is 0 Å². The first-order chi connectivity index (χ1) is 5.88. The first-order valence-corrected chi connectivity index (χ1v) is 4.66. The Morgan fingerprint density at radius 2 is 2.50 bits per heavy atom. The summed E-state index contributed by atoms with van der Waals surface area (Å²) in [6.45, 7) is 4.00. The second-order valence-electron chi connectivity index (χ2n) is 3.12. The Morgan fingerprint density at radius 3 is 3.17 bits per heavy atom. The zero-order valence-corrected chi connectivity index (χ0v) is 7.99. The summed E-state index contributed by atoms with van der Waals surface area (Å²) < 4.78 is 5.12. The molecular weight excluding hydrogens is 152 g/mol. The summed E-state index contributed by atoms with van der Waals surface area (Å²) in [6, 6.07) is 0.512. The molecule has 0 N–H and O–H groups in total. The van der Waals surface area contributed by atoms with Gasteiger partial charge in [-0.1, -0.05) is 6.92 Å². The zero-order chi connectivity index (χ0) is 8.81. The molecule has 1 aliphatic rings. The van der Waals surface area contributed by atoms with E-state index in [9.17, 15) is 0 Å². The van der Waals surface area contributed by atoms with Gasteiger partial charge in [-0.15, -0.1) is 0 Å². The number of hydrogen-bond acceptors (Lipinski definition) is 3. The van der Waals surface area contributed by atoms with E-state index in [0.29, 0.717) is 6.04 Å². The van der Waals surface area contributed by atoms with Crippen molar-refractivity contribution in [2.75, 3.05) is 20.3 Å². The molecule has 1 fully saturated rings. The number of ether oxygens (including phenoxy) is 1. The second-order valence-corrected chi connectivity index (χ2v) is 3.12. The molecule has 70 valence electrons. The van der Waals surface area contributed by atoms with Crippen LogP contribution in [0.5, 0.6) is 0 Å². The maximum atomic E-state index is 5.12. The molecule has 3 heteroatoms. The molecule has 0 aromatic rings. The van der Waals surface area contributed by atoms with Crippen LogP contribution in [0.3, 0.4) is 0 Å². The van der Waals surface area contributed by atoms with Crippen LogP contribution in [0.25, 0.3) is 0 Å². The summed E-state index contributed by atoms with van der Waals surface area (Å²) in [4.78, 5) is 0. The van der Waals surface area contributed by atoms with Gasteiger partial charge in [0.25, 0.3) is 0 Å². The molecule has 1 saturated heterocycles. The summed E-state index contributed by atoms with van der Waals surface area (Å²) in [5.74, 6) is 0. The van der Waals surface area contributed by atoms with Gasteiger partial charge >= 0.3 is 0 Å². The minimum atomic E-state index is 0.512. The van der Waals surface area contributed by atoms with E-state index in [1.807, 2.05) is 6.21 Å². The van der Waals surface area contributed by atoms with Gasteiger partial charge < -0.3 is 4.74 Å². The Labute approximate surface area is 74.4 Å². The van der Waals surface area contributed by atoms with E-state index in [0.717, 1.165) is 19.6 Å². The van der Waals surface area contributed by atoms with Crippen molar-refractivity contribution in [1.82, 2.24) is 5.01 Å². The topological polar surface area (TPSA) is 24.8 Å². The van der Waals surface area contributed by atoms with Crippen LogP contribution in [0.2, 0.25) is 0 Å². The van der Waals surface area contributed by atoms with Gasteiger partial charge in [0.1, 0.15) is 0 Å². The second kappa shape index (κ2) is 5.14. The first kappa shape index (κ1) is 9.52. The van der Waals surface area contributed by atoms with Crippen LogP contribution < -0.4 is 0 Å². The highest BCUT2D eigenvalue weighted by Crippen LogP contribution is 2.16. The third-order valence-electron chi connectivity index (χ3n) is 2.12. The van der Waals surface area contributed by atoms with Crippen LogP contribution in [0.15, 0.2) is 5.10 Å². The molecule has 1 atom stereocenters. The molecule has 1 rings (SSSR count). The molecule has 1 heterocycles. The smallest absolute Gasteiger partial charge is 0.0704 e. The van der Waals surface area contributed by atoms with Crippen molar-refractivity contribution in [2.24, 2.45) is 5.10 Å². The first-order valence-electron chi connectivity index (χ1n) is 4.66. The number of rotatable bonds is 4. The quantitative estimate of drug-likeness (QED) is 0.597. The summed E-state index contributed by atoms with van der Waals surface area (Å²) in [7, 11) is 1.75. The Hall–Kier alpha value is -0.570. The molecule has 0 aromatic heterocycles. The Morgan fingerprint density at radius 1 is 1.67 bits per heavy atom. The number of hydrogen-bond donors (Lipinski definition) is 0. The predicted octanol–water partition coefficient (Wildman–Crippen LogP) is 1.49. The van der Waals surface area contributed by atoms with Crippen LogP contribution in [-0.2, 0) is 4.74 Å². The lowest BCUT2D eigenvalue weighted by molar-refractivity contribution is 0.118. The van der Waals surface area contributed by atoms with Crippen LogP contribution in [0.4, 0.5) is 0 Å². The van der Waals surface area contributed by atoms with E-state index >= 15 is 0 Å². The predicted molar refractivity (Wildman–Crippen MR) is 50.4 cm³/mol. The van der Waals surface area contributed by atoms with Crippen LogP contribution in [0, 0.1) is 0 Å². The SMILES string of the molecule is CC/C=N/N1CCCC1COC. The minimum absolute atomic E-state index is 0.512. The highest BCUT2D eigenvalue weighted by atomic mass is 16.5. The molecule has 0 aromatic carbocycles. The van der Waals surface area contributed by atoms with Crippen molar-refractivity contribution in [1.29, 1.82) is 0 Å². The highest BCUT2D eigenvalue weighted by molar-refractivity contribution is 5.56. The van der Waals surface area contributed by atoms with Gasteiger partial charge in [0.05, 0.1) is 12.6 Å². The number of hydrazone groups is 1. The van der Waals surface area contributed by atoms with E-state index in [4.69, 9.17) is 4.74 Å². The van der Waals surface area contributed by atoms with Gasteiger partial charge in [0, 0.05) is 19.9 Å². The third-order valence-corrected chi connectivity index (χ3v) is 2.12. The fourth-order valence-corrected chi connectivity index (χ4v) is 1.52. The van der Waals surface area contributed by atoms with Gasteiger partial charge in [-0.2, -0.15) is 5.10 Å². The average Bonchev–Trinajstić information content (AvgIpc) is 2.50. The van der Waals surface area contributed by atoms with Crippen molar-refractivity contribution in [2.45, 2.75) is 32.2 Å². The average molecular weight is 170 g/mol. The Kier molecular flexibility index (Phi) is 4.08. The molecule has 0 spiro atoms. The zero-order valence-electron chi connectivity index (χ0n) is 7.99. The number of nitrogens with zero attached hydrogens (tertiary/aromatic N) is 2. The van der Waals surface area contributed by atoms with Gasteiger partial charge in [-0.3, -0.25) is 5.01 Å². The van der Waals surface area contributed by atoms with Gasteiger partial charge in [-0.25, -0.2) is 0 Å². The van der Waals surface area contributed by atoms with E-state index in [2.05, 4.69) is 17.0 Å². The monoisotopic (exact) mass is 170 g/mol. The molecule has 3 nitrogen and oxygen atoms in total. The Bertz CT molecular complexity index is 147. The number of methoxy groups -OCH3 is 1. The maximum Gasteiger partial charge on any atom is 0.0704 e. The van der Waals surface area contributed by atoms with E-state index in [1.165, 1.54) is 12.8 Å². The fourth-order valence-electron chi connectivity index (χ4n) is 1.52. The van der Waals surface area contributed by atoms with Crippen molar-refractivity contribution in [3.63, 3.8) is 0 Å². The van der Waals surface area contributed by atoms with Gasteiger partial charge in [-0.05, 0) is 19.3 Å². The van der Waals surface area contributed by atoms with Crippen LogP contribution in [0.1, 0.15) is 26.2 Å². The van der Waals surface area contributed by atoms with Gasteiger partial charge in [0.2, 0.25) is 0 Å². The Balaban J connectivity index is 2.35. The normalized spacial score (nSPS) is 24.2. The van der Waals surface area contributed by atoms with E-state index in [1.54, 1.807) is 7.11 Å². The van der Waals surface area contributed by atoms with E-state index in [-0.39, 0.29) is 0 Å². The maximum absolute atomic E-state index is 5.12. The van der Waals surface area contributed by atoms with Gasteiger partial charge in [0.15, 0.2) is 0 Å². The standard InChI is InChI=1S/C9H18N2O/c1-3-6-10-11-7-4-5-9(11)8-12-2/h6,9H,3-5,7-8H2,1-2H3/b10-6+. The lowest BCUT2D eigenvalue weighted by Gasteiger charge is -2.20. The van der Waals surface area contributed by atoms with Crippen molar-refractivity contribution < 1.29 is 4.74 Å². The van der Waals surface area contributed by atoms with E-state index < -0.39 is 0 Å². The van der Waals surface area contributed by atoms with Crippen molar-refractivity contribution in [3.05, 3.63) is 0 Å². The molecule has 1 unspecified atom stereocenters. The van der Waals surface area contributed by atoms with Crippen molar-refractivity contribution >= 4 is 6.21 Å². The molecule has 1 aliphatic heterocycles. The molecule has 12 heavy (non-hydrogen) atoms. The molecule has 0 amide bonds. The fraction of sp³-hybridized carbons (Fsp3) is 0.889. The molecular formula is C9H18N2O. The minimum Gasteiger partial charge on any atom is -0.382 e. The lowest BCUT2D eigenvalue weighted by Crippen LogP contribution is -2.28. The summed E-state index contributed by atoms with van der Waals surface area (Å²) in [5, 5.41) is 6.52. The van der Waals surface area contributed by atoms with Crippen LogP contribution >= 0.6 is 0 Å². The molecule has 0 aliphatic carbocycles. The lowest BCUT2D eigenvalue weighted by atomic mass is 10.2. The highest BCUT2D eigenvalue weighted by Gasteiger charge is 2.22. The third kappa shape index (κ3) is 2.48. The summed E-state index contributed by atoms with van der Waals surface area (Å²) >= 11 is 0. The molecule has 0 saturated carbocycles. The van der Waals surface area contributed by atoms with Crippen LogP contribution in [-0.4, -0.2) is 37.5 Å². The summed E-state index contributed by atoms with van der Waals surface area (Å²) in [6.07, 6.45) is 5.44. The largest absolute Gasteiger partial charge is 0.382 e. The summed E-state index contributed by atoms with van der Waals surface area (Å²) in [5.41, 5.74) is 0. The molecule has 0 radical (unpaired) electrons. The molecule has 0 bridgehead atoms.